The van der Waals surface area contributed by atoms with Gasteiger partial charge in [0.1, 0.15) is 12.4 Å². The highest BCUT2D eigenvalue weighted by Crippen LogP contribution is 2.33. The molecule has 0 amide bonds. The number of hydrogen-bond acceptors (Lipinski definition) is 4. The molecule has 21 heavy (non-hydrogen) atoms. The molecular weight excluding hydrogens is 294 g/mol. The molecule has 2 aromatic rings. The Hall–Kier alpha value is -1.82. The summed E-state index contributed by atoms with van der Waals surface area (Å²) >= 11 is 1.51. The van der Waals surface area contributed by atoms with Crippen molar-refractivity contribution < 1.29 is 13.5 Å². The predicted octanol–water partition coefficient (Wildman–Crippen LogP) is 4.39. The van der Waals surface area contributed by atoms with Crippen molar-refractivity contribution in [3.05, 3.63) is 42.2 Å². The van der Waals surface area contributed by atoms with E-state index in [0.717, 1.165) is 16.8 Å². The first-order valence-electron chi connectivity index (χ1n) is 6.36. The number of aromatic nitrogens is 1. The molecule has 0 aliphatic rings. The van der Waals surface area contributed by atoms with Crippen molar-refractivity contribution in [3.63, 3.8) is 0 Å². The van der Waals surface area contributed by atoms with Crippen LogP contribution < -0.4 is 9.46 Å². The van der Waals surface area contributed by atoms with Gasteiger partial charge in [0.2, 0.25) is 0 Å². The quantitative estimate of drug-likeness (QED) is 0.802. The summed E-state index contributed by atoms with van der Waals surface area (Å²) < 4.78 is 33.0. The SMILES string of the molecule is CSNc1ccc(-c2cnccc2OCC(F)F)c(C)c1. The number of nitrogens with zero attached hydrogens (tertiary/aromatic N) is 1. The van der Waals surface area contributed by atoms with Gasteiger partial charge in [-0.2, -0.15) is 0 Å². The Kier molecular flexibility index (Phi) is 5.38. The second-order valence-corrected chi connectivity index (χ2v) is 5.02. The number of halogens is 2. The molecule has 112 valence electrons. The van der Waals surface area contributed by atoms with Gasteiger partial charge in [-0.25, -0.2) is 8.78 Å². The van der Waals surface area contributed by atoms with Gasteiger partial charge in [-0.1, -0.05) is 18.0 Å². The summed E-state index contributed by atoms with van der Waals surface area (Å²) in [6.45, 7) is 1.34. The van der Waals surface area contributed by atoms with Crippen molar-refractivity contribution in [3.8, 4) is 16.9 Å². The molecule has 0 aliphatic heterocycles. The Labute approximate surface area is 126 Å². The second kappa shape index (κ2) is 7.26. The normalized spacial score (nSPS) is 10.7. The fraction of sp³-hybridized carbons (Fsp3) is 0.267. The van der Waals surface area contributed by atoms with Crippen LogP contribution in [0.2, 0.25) is 0 Å². The smallest absolute Gasteiger partial charge is 0.272 e. The van der Waals surface area contributed by atoms with E-state index >= 15 is 0 Å². The molecule has 1 N–H and O–H groups in total. The predicted molar refractivity (Wildman–Crippen MR) is 83.0 cm³/mol. The van der Waals surface area contributed by atoms with Crippen LogP contribution >= 0.6 is 11.9 Å². The van der Waals surface area contributed by atoms with Gasteiger partial charge in [-0.15, -0.1) is 0 Å². The molecule has 6 heteroatoms. The average Bonchev–Trinajstić information content (AvgIpc) is 2.46. The first-order valence-corrected chi connectivity index (χ1v) is 7.59. The molecular formula is C15H16F2N2OS. The number of hydrogen-bond donors (Lipinski definition) is 1. The zero-order valence-corrected chi connectivity index (χ0v) is 12.6. The minimum atomic E-state index is -2.50. The van der Waals surface area contributed by atoms with E-state index in [0.29, 0.717) is 11.3 Å². The molecule has 0 radical (unpaired) electrons. The molecule has 1 heterocycles. The number of nitrogens with one attached hydrogen (secondary N) is 1. The van der Waals surface area contributed by atoms with E-state index < -0.39 is 13.0 Å². The van der Waals surface area contributed by atoms with Crippen molar-refractivity contribution in [2.75, 3.05) is 17.6 Å². The van der Waals surface area contributed by atoms with Crippen LogP contribution in [-0.2, 0) is 0 Å². The maximum Gasteiger partial charge on any atom is 0.272 e. The van der Waals surface area contributed by atoms with E-state index in [1.54, 1.807) is 12.3 Å². The minimum absolute atomic E-state index is 0.416. The van der Waals surface area contributed by atoms with Gasteiger partial charge in [0.15, 0.2) is 0 Å². The van der Waals surface area contributed by atoms with Gasteiger partial charge in [-0.05, 0) is 36.2 Å². The molecule has 0 saturated heterocycles. The zero-order chi connectivity index (χ0) is 15.2. The summed E-state index contributed by atoms with van der Waals surface area (Å²) in [5, 5.41) is 0. The van der Waals surface area contributed by atoms with Gasteiger partial charge >= 0.3 is 0 Å². The van der Waals surface area contributed by atoms with E-state index in [1.807, 2.05) is 31.4 Å². The topological polar surface area (TPSA) is 34.2 Å². The van der Waals surface area contributed by atoms with Crippen molar-refractivity contribution in [1.82, 2.24) is 4.98 Å². The second-order valence-electron chi connectivity index (χ2n) is 4.41. The van der Waals surface area contributed by atoms with E-state index in [1.165, 1.54) is 18.1 Å². The van der Waals surface area contributed by atoms with Gasteiger partial charge in [0.05, 0.1) is 0 Å². The molecule has 1 aromatic carbocycles. The van der Waals surface area contributed by atoms with Crippen LogP contribution in [0.5, 0.6) is 5.75 Å². The lowest BCUT2D eigenvalue weighted by Crippen LogP contribution is -2.07. The number of rotatable bonds is 6. The summed E-state index contributed by atoms with van der Waals surface area (Å²) in [5.41, 5.74) is 3.64. The monoisotopic (exact) mass is 310 g/mol. The van der Waals surface area contributed by atoms with Crippen molar-refractivity contribution in [2.45, 2.75) is 13.3 Å². The van der Waals surface area contributed by atoms with Crippen molar-refractivity contribution in [1.29, 1.82) is 0 Å². The van der Waals surface area contributed by atoms with Crippen LogP contribution in [-0.4, -0.2) is 24.3 Å². The maximum absolute atomic E-state index is 12.3. The van der Waals surface area contributed by atoms with E-state index in [4.69, 9.17) is 4.74 Å². The highest BCUT2D eigenvalue weighted by molar-refractivity contribution is 7.99. The Morgan fingerprint density at radius 1 is 1.29 bits per heavy atom. The summed E-state index contributed by atoms with van der Waals surface area (Å²) in [5.74, 6) is 0.416. The van der Waals surface area contributed by atoms with Gasteiger partial charge < -0.3 is 9.46 Å². The average molecular weight is 310 g/mol. The van der Waals surface area contributed by atoms with Crippen molar-refractivity contribution in [2.24, 2.45) is 0 Å². The van der Waals surface area contributed by atoms with Crippen LogP contribution in [0.25, 0.3) is 11.1 Å². The lowest BCUT2D eigenvalue weighted by Gasteiger charge is -2.13. The molecule has 3 nitrogen and oxygen atoms in total. The van der Waals surface area contributed by atoms with E-state index in [2.05, 4.69) is 9.71 Å². The van der Waals surface area contributed by atoms with Crippen LogP contribution in [0.3, 0.4) is 0 Å². The number of aryl methyl sites for hydroxylation is 1. The third-order valence-corrected chi connectivity index (χ3v) is 3.32. The third-order valence-electron chi connectivity index (χ3n) is 2.88. The van der Waals surface area contributed by atoms with E-state index in [9.17, 15) is 8.78 Å². The number of ether oxygens (including phenoxy) is 1. The third kappa shape index (κ3) is 4.07. The lowest BCUT2D eigenvalue weighted by molar-refractivity contribution is 0.0821. The maximum atomic E-state index is 12.3. The first kappa shape index (κ1) is 15.6. The summed E-state index contributed by atoms with van der Waals surface area (Å²) in [6.07, 6.45) is 2.61. The molecule has 0 fully saturated rings. The molecule has 0 bridgehead atoms. The number of benzene rings is 1. The summed E-state index contributed by atoms with van der Waals surface area (Å²) in [6, 6.07) is 7.46. The highest BCUT2D eigenvalue weighted by atomic mass is 32.2. The molecule has 0 unspecified atom stereocenters. The van der Waals surface area contributed by atoms with E-state index in [-0.39, 0.29) is 0 Å². The zero-order valence-electron chi connectivity index (χ0n) is 11.8. The van der Waals surface area contributed by atoms with Gasteiger partial charge in [0, 0.05) is 29.9 Å². The molecule has 2 rings (SSSR count). The Bertz CT molecular complexity index is 608. The van der Waals surface area contributed by atoms with Crippen LogP contribution in [0.1, 0.15) is 5.56 Å². The Balaban J connectivity index is 2.33. The van der Waals surface area contributed by atoms with Crippen molar-refractivity contribution >= 4 is 17.6 Å². The molecule has 0 spiro atoms. The molecule has 0 saturated carbocycles. The van der Waals surface area contributed by atoms with Crippen LogP contribution in [0, 0.1) is 6.92 Å². The van der Waals surface area contributed by atoms with Crippen LogP contribution in [0.15, 0.2) is 36.7 Å². The fourth-order valence-electron chi connectivity index (χ4n) is 2.01. The molecule has 1 aromatic heterocycles. The highest BCUT2D eigenvalue weighted by Gasteiger charge is 2.11. The number of alkyl halides is 2. The Morgan fingerprint density at radius 3 is 2.76 bits per heavy atom. The Morgan fingerprint density at radius 2 is 2.10 bits per heavy atom. The molecule has 0 atom stereocenters. The standard InChI is InChI=1S/C15H16F2N2OS/c1-10-7-11(19-21-2)3-4-12(10)13-8-18-6-5-14(13)20-9-15(16)17/h3-8,15,19H,9H2,1-2H3. The largest absolute Gasteiger partial charge is 0.487 e. The first-order chi connectivity index (χ1) is 10.1. The van der Waals surface area contributed by atoms with Gasteiger partial charge in [-0.3, -0.25) is 4.98 Å². The molecule has 0 aliphatic carbocycles. The lowest BCUT2D eigenvalue weighted by atomic mass is 10.0. The summed E-state index contributed by atoms with van der Waals surface area (Å²) in [7, 11) is 0. The minimum Gasteiger partial charge on any atom is -0.487 e. The van der Waals surface area contributed by atoms with Crippen LogP contribution in [0.4, 0.5) is 14.5 Å². The summed E-state index contributed by atoms with van der Waals surface area (Å²) in [4.78, 5) is 4.06. The number of anilines is 1. The fourth-order valence-corrected chi connectivity index (χ4v) is 2.37. The van der Waals surface area contributed by atoms with Gasteiger partial charge in [0.25, 0.3) is 6.43 Å². The number of pyridine rings is 1.